The molecule has 0 atom stereocenters. The Labute approximate surface area is 120 Å². The molecule has 2 aromatic carbocycles. The summed E-state index contributed by atoms with van der Waals surface area (Å²) in [5, 5.41) is 10.3. The lowest BCUT2D eigenvalue weighted by molar-refractivity contribution is 0.352. The highest BCUT2D eigenvalue weighted by Crippen LogP contribution is 2.29. The van der Waals surface area contributed by atoms with Crippen LogP contribution in [0.1, 0.15) is 22.3 Å². The second-order valence-corrected chi connectivity index (χ2v) is 5.67. The normalized spacial score (nSPS) is 15.7. The third kappa shape index (κ3) is 2.70. The molecule has 1 aliphatic heterocycles. The Hall–Kier alpha value is -1.80. The average molecular weight is 267 g/mol. The van der Waals surface area contributed by atoms with E-state index < -0.39 is 0 Å². The van der Waals surface area contributed by atoms with Gasteiger partial charge in [-0.25, -0.2) is 0 Å². The molecule has 1 aliphatic rings. The monoisotopic (exact) mass is 267 g/mol. The van der Waals surface area contributed by atoms with E-state index in [1.807, 2.05) is 12.1 Å². The molecule has 2 heteroatoms. The van der Waals surface area contributed by atoms with Crippen molar-refractivity contribution in [3.8, 4) is 5.75 Å². The third-order valence-corrected chi connectivity index (χ3v) is 4.23. The predicted molar refractivity (Wildman–Crippen MR) is 82.3 cm³/mol. The maximum Gasteiger partial charge on any atom is 0.119 e. The van der Waals surface area contributed by atoms with Crippen LogP contribution in [0.2, 0.25) is 0 Å². The van der Waals surface area contributed by atoms with E-state index in [0.29, 0.717) is 5.75 Å². The number of hydrogen-bond acceptors (Lipinski definition) is 2. The van der Waals surface area contributed by atoms with Gasteiger partial charge in [0.05, 0.1) is 0 Å². The SMILES string of the molecule is CN1CCc2ccc(O)c(Cc3ccccc3)c2CC1. The first-order chi connectivity index (χ1) is 9.74. The van der Waals surface area contributed by atoms with Gasteiger partial charge in [0.25, 0.3) is 0 Å². The summed E-state index contributed by atoms with van der Waals surface area (Å²) in [5.41, 5.74) is 5.13. The summed E-state index contributed by atoms with van der Waals surface area (Å²) in [6, 6.07) is 14.4. The molecule has 0 unspecified atom stereocenters. The van der Waals surface area contributed by atoms with E-state index in [0.717, 1.165) is 37.9 Å². The van der Waals surface area contributed by atoms with Gasteiger partial charge in [0.1, 0.15) is 5.75 Å². The van der Waals surface area contributed by atoms with Crippen molar-refractivity contribution in [2.24, 2.45) is 0 Å². The smallest absolute Gasteiger partial charge is 0.119 e. The van der Waals surface area contributed by atoms with Crippen LogP contribution in [-0.2, 0) is 19.3 Å². The fourth-order valence-electron chi connectivity index (χ4n) is 3.00. The van der Waals surface area contributed by atoms with Crippen LogP contribution in [-0.4, -0.2) is 30.1 Å². The molecule has 0 saturated heterocycles. The quantitative estimate of drug-likeness (QED) is 0.904. The zero-order valence-electron chi connectivity index (χ0n) is 12.0. The number of phenolic OH excluding ortho intramolecular Hbond substituents is 1. The van der Waals surface area contributed by atoms with E-state index in [1.54, 1.807) is 0 Å². The topological polar surface area (TPSA) is 23.5 Å². The molecular formula is C18H21NO. The molecule has 2 nitrogen and oxygen atoms in total. The number of fused-ring (bicyclic) bond motifs is 1. The Kier molecular flexibility index (Phi) is 3.75. The van der Waals surface area contributed by atoms with Crippen LogP contribution < -0.4 is 0 Å². The highest BCUT2D eigenvalue weighted by atomic mass is 16.3. The molecule has 1 heterocycles. The Balaban J connectivity index is 1.98. The van der Waals surface area contributed by atoms with Crippen molar-refractivity contribution in [1.29, 1.82) is 0 Å². The van der Waals surface area contributed by atoms with Gasteiger partial charge >= 0.3 is 0 Å². The summed E-state index contributed by atoms with van der Waals surface area (Å²) in [6.07, 6.45) is 2.93. The molecule has 1 N–H and O–H groups in total. The molecule has 104 valence electrons. The fraction of sp³-hybridized carbons (Fsp3) is 0.333. The van der Waals surface area contributed by atoms with Gasteiger partial charge in [0.15, 0.2) is 0 Å². The zero-order valence-corrected chi connectivity index (χ0v) is 12.0. The maximum absolute atomic E-state index is 10.3. The second kappa shape index (κ2) is 5.68. The van der Waals surface area contributed by atoms with E-state index in [4.69, 9.17) is 0 Å². The minimum Gasteiger partial charge on any atom is -0.508 e. The van der Waals surface area contributed by atoms with Gasteiger partial charge in [-0.3, -0.25) is 0 Å². The molecule has 2 aromatic rings. The Morgan fingerprint density at radius 2 is 1.75 bits per heavy atom. The van der Waals surface area contributed by atoms with Crippen LogP contribution in [0.3, 0.4) is 0 Å². The van der Waals surface area contributed by atoms with E-state index in [9.17, 15) is 5.11 Å². The van der Waals surface area contributed by atoms with E-state index in [-0.39, 0.29) is 0 Å². The molecule has 0 aliphatic carbocycles. The van der Waals surface area contributed by atoms with Gasteiger partial charge < -0.3 is 10.0 Å². The fourth-order valence-corrected chi connectivity index (χ4v) is 3.00. The molecule has 0 radical (unpaired) electrons. The van der Waals surface area contributed by atoms with Crippen molar-refractivity contribution in [2.75, 3.05) is 20.1 Å². The van der Waals surface area contributed by atoms with E-state index in [2.05, 4.69) is 42.3 Å². The lowest BCUT2D eigenvalue weighted by atomic mass is 9.92. The molecule has 0 aromatic heterocycles. The molecule has 0 amide bonds. The number of aromatic hydroxyl groups is 1. The van der Waals surface area contributed by atoms with Crippen molar-refractivity contribution in [2.45, 2.75) is 19.3 Å². The minimum absolute atomic E-state index is 0.442. The second-order valence-electron chi connectivity index (χ2n) is 5.67. The predicted octanol–water partition coefficient (Wildman–Crippen LogP) is 3.01. The number of rotatable bonds is 2. The van der Waals surface area contributed by atoms with Gasteiger partial charge in [-0.05, 0) is 42.6 Å². The lowest BCUT2D eigenvalue weighted by Gasteiger charge is -2.14. The third-order valence-electron chi connectivity index (χ3n) is 4.23. The van der Waals surface area contributed by atoms with Crippen LogP contribution >= 0.6 is 0 Å². The zero-order chi connectivity index (χ0) is 13.9. The van der Waals surface area contributed by atoms with Crippen molar-refractivity contribution in [3.63, 3.8) is 0 Å². The molecule has 0 saturated carbocycles. The standard InChI is InChI=1S/C18H21NO/c1-19-11-9-15-7-8-18(20)17(16(15)10-12-19)13-14-5-3-2-4-6-14/h2-8,20H,9-13H2,1H3. The number of benzene rings is 2. The van der Waals surface area contributed by atoms with Crippen molar-refractivity contribution >= 4 is 0 Å². The molecule has 0 spiro atoms. The van der Waals surface area contributed by atoms with Crippen LogP contribution in [0.25, 0.3) is 0 Å². The molecule has 20 heavy (non-hydrogen) atoms. The van der Waals surface area contributed by atoms with Gasteiger partial charge in [-0.2, -0.15) is 0 Å². The van der Waals surface area contributed by atoms with Crippen molar-refractivity contribution in [1.82, 2.24) is 4.90 Å². The lowest BCUT2D eigenvalue weighted by Crippen LogP contribution is -2.20. The van der Waals surface area contributed by atoms with Crippen LogP contribution in [0.15, 0.2) is 42.5 Å². The average Bonchev–Trinajstić information content (AvgIpc) is 2.66. The summed E-state index contributed by atoms with van der Waals surface area (Å²) < 4.78 is 0. The summed E-state index contributed by atoms with van der Waals surface area (Å²) in [7, 11) is 2.17. The number of hydrogen-bond donors (Lipinski definition) is 1. The summed E-state index contributed by atoms with van der Waals surface area (Å²) >= 11 is 0. The molecule has 0 fully saturated rings. The molecule has 0 bridgehead atoms. The van der Waals surface area contributed by atoms with Crippen molar-refractivity contribution < 1.29 is 5.11 Å². The van der Waals surface area contributed by atoms with Crippen LogP contribution in [0.5, 0.6) is 5.75 Å². The first kappa shape index (κ1) is 13.2. The first-order valence-corrected chi connectivity index (χ1v) is 7.29. The van der Waals surface area contributed by atoms with Gasteiger partial charge in [0, 0.05) is 25.1 Å². The summed E-state index contributed by atoms with van der Waals surface area (Å²) in [4.78, 5) is 2.36. The molecular weight excluding hydrogens is 246 g/mol. The van der Waals surface area contributed by atoms with Gasteiger partial charge in [-0.1, -0.05) is 36.4 Å². The first-order valence-electron chi connectivity index (χ1n) is 7.29. The van der Waals surface area contributed by atoms with Crippen LogP contribution in [0.4, 0.5) is 0 Å². The van der Waals surface area contributed by atoms with E-state index >= 15 is 0 Å². The highest BCUT2D eigenvalue weighted by Gasteiger charge is 2.17. The number of nitrogens with zero attached hydrogens (tertiary/aromatic N) is 1. The van der Waals surface area contributed by atoms with Gasteiger partial charge in [-0.15, -0.1) is 0 Å². The largest absolute Gasteiger partial charge is 0.508 e. The minimum atomic E-state index is 0.442. The Bertz CT molecular complexity index is 592. The highest BCUT2D eigenvalue weighted by molar-refractivity contribution is 5.47. The summed E-state index contributed by atoms with van der Waals surface area (Å²) in [6.45, 7) is 2.17. The Morgan fingerprint density at radius 3 is 2.55 bits per heavy atom. The van der Waals surface area contributed by atoms with Gasteiger partial charge in [0.2, 0.25) is 0 Å². The van der Waals surface area contributed by atoms with E-state index in [1.165, 1.54) is 16.7 Å². The Morgan fingerprint density at radius 1 is 1.00 bits per heavy atom. The number of phenols is 1. The number of likely N-dealkylation sites (N-methyl/N-ethyl adjacent to an activating group) is 1. The molecule has 3 rings (SSSR count). The van der Waals surface area contributed by atoms with Crippen molar-refractivity contribution in [3.05, 3.63) is 64.7 Å². The summed E-state index contributed by atoms with van der Waals surface area (Å²) in [5.74, 6) is 0.442. The van der Waals surface area contributed by atoms with Crippen LogP contribution in [0, 0.1) is 0 Å². The maximum atomic E-state index is 10.3.